The summed E-state index contributed by atoms with van der Waals surface area (Å²) in [6.07, 6.45) is 5.51. The summed E-state index contributed by atoms with van der Waals surface area (Å²) < 4.78 is 0. The van der Waals surface area contributed by atoms with Crippen molar-refractivity contribution in [3.63, 3.8) is 0 Å². The van der Waals surface area contributed by atoms with Crippen molar-refractivity contribution >= 4 is 12.4 Å². The highest BCUT2D eigenvalue weighted by atomic mass is 35.5. The second-order valence-corrected chi connectivity index (χ2v) is 5.71. The van der Waals surface area contributed by atoms with Crippen LogP contribution < -0.4 is 5.32 Å². The van der Waals surface area contributed by atoms with Crippen LogP contribution in [0.15, 0.2) is 0 Å². The van der Waals surface area contributed by atoms with E-state index in [1.807, 2.05) is 0 Å². The first-order chi connectivity index (χ1) is 7.75. The Kier molecular flexibility index (Phi) is 6.78. The van der Waals surface area contributed by atoms with Crippen molar-refractivity contribution in [2.75, 3.05) is 46.8 Å². The lowest BCUT2D eigenvalue weighted by Crippen LogP contribution is -2.45. The quantitative estimate of drug-likeness (QED) is 0.829. The first-order valence-corrected chi connectivity index (χ1v) is 6.85. The molecule has 0 bridgehead atoms. The molecule has 4 heteroatoms. The summed E-state index contributed by atoms with van der Waals surface area (Å²) in [6.45, 7) is 6.42. The minimum Gasteiger partial charge on any atom is -0.316 e. The van der Waals surface area contributed by atoms with Crippen LogP contribution in [0.2, 0.25) is 0 Å². The summed E-state index contributed by atoms with van der Waals surface area (Å²) in [5.41, 5.74) is 0. The largest absolute Gasteiger partial charge is 0.316 e. The van der Waals surface area contributed by atoms with Gasteiger partial charge in [0, 0.05) is 12.6 Å². The molecule has 0 aromatic carbocycles. The van der Waals surface area contributed by atoms with Gasteiger partial charge in [0.05, 0.1) is 0 Å². The Hall–Kier alpha value is 0.170. The highest BCUT2D eigenvalue weighted by Gasteiger charge is 2.23. The number of nitrogens with zero attached hydrogens (tertiary/aromatic N) is 2. The van der Waals surface area contributed by atoms with Crippen molar-refractivity contribution in [1.29, 1.82) is 0 Å². The third kappa shape index (κ3) is 4.74. The summed E-state index contributed by atoms with van der Waals surface area (Å²) in [5.74, 6) is 0.907. The van der Waals surface area contributed by atoms with Crippen LogP contribution in [0.4, 0.5) is 0 Å². The Morgan fingerprint density at radius 2 is 1.88 bits per heavy atom. The van der Waals surface area contributed by atoms with Crippen LogP contribution in [0, 0.1) is 5.92 Å². The zero-order valence-corrected chi connectivity index (χ0v) is 12.1. The fourth-order valence-electron chi connectivity index (χ4n) is 3.06. The lowest BCUT2D eigenvalue weighted by atomic mass is 9.97. The molecule has 0 radical (unpaired) electrons. The fraction of sp³-hybridized carbons (Fsp3) is 1.00. The third-order valence-electron chi connectivity index (χ3n) is 4.20. The van der Waals surface area contributed by atoms with Gasteiger partial charge in [0.2, 0.25) is 0 Å². The molecule has 2 fully saturated rings. The number of halogens is 1. The van der Waals surface area contributed by atoms with Crippen LogP contribution in [-0.2, 0) is 0 Å². The van der Waals surface area contributed by atoms with E-state index in [2.05, 4.69) is 29.2 Å². The average molecular weight is 262 g/mol. The van der Waals surface area contributed by atoms with Gasteiger partial charge >= 0.3 is 0 Å². The van der Waals surface area contributed by atoms with E-state index in [0.29, 0.717) is 0 Å². The van der Waals surface area contributed by atoms with Gasteiger partial charge in [0.25, 0.3) is 0 Å². The average Bonchev–Trinajstić information content (AvgIpc) is 2.31. The van der Waals surface area contributed by atoms with E-state index < -0.39 is 0 Å². The molecule has 2 saturated heterocycles. The Labute approximate surface area is 112 Å². The zero-order chi connectivity index (χ0) is 11.4. The van der Waals surface area contributed by atoms with E-state index in [4.69, 9.17) is 0 Å². The van der Waals surface area contributed by atoms with Gasteiger partial charge in [-0.25, -0.2) is 0 Å². The minimum absolute atomic E-state index is 0. The van der Waals surface area contributed by atoms with Gasteiger partial charge in [0.15, 0.2) is 0 Å². The van der Waals surface area contributed by atoms with Crippen molar-refractivity contribution in [3.8, 4) is 0 Å². The highest BCUT2D eigenvalue weighted by molar-refractivity contribution is 5.85. The third-order valence-corrected chi connectivity index (χ3v) is 4.20. The Balaban J connectivity index is 0.00000144. The number of piperidine rings is 2. The molecule has 2 aliphatic rings. The molecule has 1 unspecified atom stereocenters. The molecule has 1 N–H and O–H groups in total. The number of hydrogen-bond donors (Lipinski definition) is 1. The van der Waals surface area contributed by atoms with Crippen LogP contribution in [0.1, 0.15) is 25.7 Å². The van der Waals surface area contributed by atoms with E-state index >= 15 is 0 Å². The smallest absolute Gasteiger partial charge is 0.0113 e. The van der Waals surface area contributed by atoms with Crippen LogP contribution in [0.25, 0.3) is 0 Å². The molecule has 2 aliphatic heterocycles. The predicted octanol–water partition coefficient (Wildman–Crippen LogP) is 1.43. The Morgan fingerprint density at radius 1 is 1.18 bits per heavy atom. The fourth-order valence-corrected chi connectivity index (χ4v) is 3.06. The highest BCUT2D eigenvalue weighted by Crippen LogP contribution is 2.18. The van der Waals surface area contributed by atoms with Crippen LogP contribution in [0.3, 0.4) is 0 Å². The van der Waals surface area contributed by atoms with Gasteiger partial charge in [-0.3, -0.25) is 0 Å². The predicted molar refractivity (Wildman–Crippen MR) is 76.0 cm³/mol. The molecule has 0 aromatic rings. The van der Waals surface area contributed by atoms with Gasteiger partial charge in [-0.15, -0.1) is 12.4 Å². The summed E-state index contributed by atoms with van der Waals surface area (Å²) in [7, 11) is 4.43. The molecule has 3 nitrogen and oxygen atoms in total. The summed E-state index contributed by atoms with van der Waals surface area (Å²) in [6, 6.07) is 0.820. The lowest BCUT2D eigenvalue weighted by molar-refractivity contribution is 0.124. The van der Waals surface area contributed by atoms with E-state index in [1.165, 1.54) is 58.4 Å². The molecule has 0 amide bonds. The maximum absolute atomic E-state index is 3.52. The molecular weight excluding hydrogens is 234 g/mol. The van der Waals surface area contributed by atoms with Gasteiger partial charge in [-0.1, -0.05) is 0 Å². The molecule has 17 heavy (non-hydrogen) atoms. The molecule has 2 rings (SSSR count). The van der Waals surface area contributed by atoms with E-state index in [0.717, 1.165) is 12.0 Å². The van der Waals surface area contributed by atoms with Crippen molar-refractivity contribution in [2.24, 2.45) is 5.92 Å². The topological polar surface area (TPSA) is 18.5 Å². The minimum atomic E-state index is 0. The van der Waals surface area contributed by atoms with E-state index in [9.17, 15) is 0 Å². The lowest BCUT2D eigenvalue weighted by Gasteiger charge is -2.37. The molecule has 1 atom stereocenters. The number of nitrogens with one attached hydrogen (secondary N) is 1. The normalized spacial score (nSPS) is 28.1. The van der Waals surface area contributed by atoms with Crippen molar-refractivity contribution in [2.45, 2.75) is 31.7 Å². The molecule has 0 saturated carbocycles. The first-order valence-electron chi connectivity index (χ1n) is 6.85. The molecule has 102 valence electrons. The van der Waals surface area contributed by atoms with Crippen LogP contribution in [0.5, 0.6) is 0 Å². The SMILES string of the molecule is CN(C)C1CCN(CC2CCCNC2)CC1.Cl. The second kappa shape index (κ2) is 7.57. The van der Waals surface area contributed by atoms with E-state index in [-0.39, 0.29) is 12.4 Å². The number of hydrogen-bond acceptors (Lipinski definition) is 3. The summed E-state index contributed by atoms with van der Waals surface area (Å²) in [4.78, 5) is 5.07. The molecule has 0 aromatic heterocycles. The van der Waals surface area contributed by atoms with Crippen LogP contribution in [-0.4, -0.2) is 62.7 Å². The number of rotatable bonds is 3. The van der Waals surface area contributed by atoms with Crippen molar-refractivity contribution in [3.05, 3.63) is 0 Å². The standard InChI is InChI=1S/C13H27N3.ClH/c1-15(2)13-5-8-16(9-6-13)11-12-4-3-7-14-10-12;/h12-14H,3-11H2,1-2H3;1H. The van der Waals surface area contributed by atoms with Gasteiger partial charge < -0.3 is 15.1 Å². The molecular formula is C13H28ClN3. The van der Waals surface area contributed by atoms with Crippen LogP contribution >= 0.6 is 12.4 Å². The van der Waals surface area contributed by atoms with E-state index in [1.54, 1.807) is 0 Å². The Bertz CT molecular complexity index is 197. The monoisotopic (exact) mass is 261 g/mol. The van der Waals surface area contributed by atoms with Gasteiger partial charge in [-0.2, -0.15) is 0 Å². The maximum atomic E-state index is 3.52. The van der Waals surface area contributed by atoms with Crippen molar-refractivity contribution < 1.29 is 0 Å². The van der Waals surface area contributed by atoms with Gasteiger partial charge in [-0.05, 0) is 71.9 Å². The molecule has 0 spiro atoms. The van der Waals surface area contributed by atoms with Crippen molar-refractivity contribution in [1.82, 2.24) is 15.1 Å². The molecule has 2 heterocycles. The molecule has 0 aliphatic carbocycles. The Morgan fingerprint density at radius 3 is 2.41 bits per heavy atom. The maximum Gasteiger partial charge on any atom is 0.0113 e. The second-order valence-electron chi connectivity index (χ2n) is 5.71. The zero-order valence-electron chi connectivity index (χ0n) is 11.3. The summed E-state index contributed by atoms with van der Waals surface area (Å²) >= 11 is 0. The first kappa shape index (κ1) is 15.2. The summed E-state index contributed by atoms with van der Waals surface area (Å²) in [5, 5.41) is 3.52. The van der Waals surface area contributed by atoms with Gasteiger partial charge in [0.1, 0.15) is 0 Å². The number of likely N-dealkylation sites (tertiary alicyclic amines) is 1.